The Hall–Kier alpha value is 1.69. The van der Waals surface area contributed by atoms with Crippen LogP contribution in [-0.2, 0) is 4.57 Å². The van der Waals surface area contributed by atoms with Gasteiger partial charge in [0, 0.05) is 50.2 Å². The SMILES string of the molecule is CCCCCCCCCP(=O)(I)I. The first kappa shape index (κ1) is 14.7. The van der Waals surface area contributed by atoms with Gasteiger partial charge in [-0.1, -0.05) is 45.4 Å². The van der Waals surface area contributed by atoms with Gasteiger partial charge in [-0.05, 0) is 6.42 Å². The van der Waals surface area contributed by atoms with Crippen molar-refractivity contribution in [3.05, 3.63) is 0 Å². The van der Waals surface area contributed by atoms with Crippen molar-refractivity contribution in [1.82, 2.24) is 0 Å². The van der Waals surface area contributed by atoms with Crippen LogP contribution < -0.4 is 0 Å². The zero-order chi connectivity index (χ0) is 10.2. The van der Waals surface area contributed by atoms with Crippen LogP contribution in [0.1, 0.15) is 51.9 Å². The second kappa shape index (κ2) is 8.96. The molecule has 0 aromatic heterocycles. The van der Waals surface area contributed by atoms with Crippen LogP contribution >= 0.6 is 46.5 Å². The summed E-state index contributed by atoms with van der Waals surface area (Å²) < 4.78 is 9.54. The molecule has 0 spiro atoms. The van der Waals surface area contributed by atoms with Crippen LogP contribution in [0.4, 0.5) is 0 Å². The highest BCUT2D eigenvalue weighted by Crippen LogP contribution is 2.63. The zero-order valence-corrected chi connectivity index (χ0v) is 13.5. The maximum atomic E-state index is 11.3. The summed E-state index contributed by atoms with van der Waals surface area (Å²) in [5, 5.41) is 0. The van der Waals surface area contributed by atoms with Crippen LogP contribution in [0.3, 0.4) is 0 Å². The molecule has 0 rings (SSSR count). The molecule has 0 aliphatic carbocycles. The molecule has 0 unspecified atom stereocenters. The van der Waals surface area contributed by atoms with Gasteiger partial charge in [-0.3, -0.25) is 0 Å². The van der Waals surface area contributed by atoms with E-state index in [2.05, 4.69) is 51.0 Å². The molecular weight excluding hydrogens is 409 g/mol. The summed E-state index contributed by atoms with van der Waals surface area (Å²) in [5.74, 6) is 0. The predicted octanol–water partition coefficient (Wildman–Crippen LogP) is 5.80. The average Bonchev–Trinajstić information content (AvgIpc) is 2.01. The van der Waals surface area contributed by atoms with Crippen molar-refractivity contribution in [2.24, 2.45) is 0 Å². The molecule has 0 saturated carbocycles. The first-order chi connectivity index (χ1) is 6.06. The molecule has 80 valence electrons. The van der Waals surface area contributed by atoms with Crippen molar-refractivity contribution in [2.75, 3.05) is 6.16 Å². The molecule has 0 aromatic rings. The molecule has 0 fully saturated rings. The highest BCUT2D eigenvalue weighted by atomic mass is 127. The second-order valence-corrected chi connectivity index (χ2v) is 19.9. The number of hydrogen-bond donors (Lipinski definition) is 0. The van der Waals surface area contributed by atoms with E-state index in [0.717, 1.165) is 12.6 Å². The molecule has 0 aliphatic heterocycles. The van der Waals surface area contributed by atoms with E-state index in [1.807, 2.05) is 0 Å². The smallest absolute Gasteiger partial charge is 0.198 e. The maximum absolute atomic E-state index is 11.3. The molecule has 13 heavy (non-hydrogen) atoms. The van der Waals surface area contributed by atoms with Gasteiger partial charge < -0.3 is 4.57 Å². The van der Waals surface area contributed by atoms with Crippen molar-refractivity contribution in [1.29, 1.82) is 0 Å². The molecule has 0 aromatic carbocycles. The lowest BCUT2D eigenvalue weighted by Crippen LogP contribution is -1.82. The molecule has 0 radical (unpaired) electrons. The van der Waals surface area contributed by atoms with Crippen molar-refractivity contribution < 1.29 is 4.57 Å². The van der Waals surface area contributed by atoms with Gasteiger partial charge in [-0.15, -0.1) is 0 Å². The van der Waals surface area contributed by atoms with Gasteiger partial charge in [0.1, 0.15) is 0 Å². The number of unbranched alkanes of at least 4 members (excludes halogenated alkanes) is 6. The summed E-state index contributed by atoms with van der Waals surface area (Å²) >= 11 is 4.19. The minimum Gasteiger partial charge on any atom is -0.302 e. The first-order valence-electron chi connectivity index (χ1n) is 5.04. The minimum absolute atomic E-state index is 0.919. The summed E-state index contributed by atoms with van der Waals surface area (Å²) in [6.07, 6.45) is 10.1. The third kappa shape index (κ3) is 13.7. The van der Waals surface area contributed by atoms with E-state index in [1.165, 1.54) is 38.5 Å². The van der Waals surface area contributed by atoms with E-state index in [4.69, 9.17) is 0 Å². The molecule has 0 N–H and O–H groups in total. The van der Waals surface area contributed by atoms with Gasteiger partial charge in [0.2, 0.25) is 0 Å². The standard InChI is InChI=1S/C9H19I2OP/c1-2-3-4-5-6-7-8-9-13(10,11)12/h2-9H2,1H3. The lowest BCUT2D eigenvalue weighted by atomic mass is 10.1. The lowest BCUT2D eigenvalue weighted by Gasteiger charge is -2.02. The quantitative estimate of drug-likeness (QED) is 0.272. The van der Waals surface area contributed by atoms with E-state index >= 15 is 0 Å². The Balaban J connectivity index is 3.04. The lowest BCUT2D eigenvalue weighted by molar-refractivity contribution is 0.585. The third-order valence-electron chi connectivity index (χ3n) is 2.02. The molecule has 4 heteroatoms. The van der Waals surface area contributed by atoms with Crippen LogP contribution in [0.2, 0.25) is 0 Å². The van der Waals surface area contributed by atoms with E-state index < -0.39 is 2.43 Å². The molecule has 0 amide bonds. The summed E-state index contributed by atoms with van der Waals surface area (Å²) in [7, 11) is 0. The van der Waals surface area contributed by atoms with Gasteiger partial charge >= 0.3 is 0 Å². The maximum Gasteiger partial charge on any atom is 0.198 e. The topological polar surface area (TPSA) is 17.1 Å². The van der Waals surface area contributed by atoms with Crippen molar-refractivity contribution in [3.8, 4) is 0 Å². The monoisotopic (exact) mass is 428 g/mol. The van der Waals surface area contributed by atoms with Crippen molar-refractivity contribution in [2.45, 2.75) is 51.9 Å². The second-order valence-electron chi connectivity index (χ2n) is 3.41. The van der Waals surface area contributed by atoms with Gasteiger partial charge in [-0.25, -0.2) is 0 Å². The van der Waals surface area contributed by atoms with Crippen LogP contribution in [0.25, 0.3) is 0 Å². The molecule has 0 saturated heterocycles. The third-order valence-corrected chi connectivity index (χ3v) is 5.75. The van der Waals surface area contributed by atoms with Gasteiger partial charge in [0.25, 0.3) is 0 Å². The van der Waals surface area contributed by atoms with Crippen LogP contribution in [0.5, 0.6) is 0 Å². The van der Waals surface area contributed by atoms with E-state index in [9.17, 15) is 4.57 Å². The van der Waals surface area contributed by atoms with Crippen molar-refractivity contribution >= 4 is 46.5 Å². The summed E-state index contributed by atoms with van der Waals surface area (Å²) in [5.41, 5.74) is 0. The van der Waals surface area contributed by atoms with E-state index in [1.54, 1.807) is 0 Å². The Kier molecular flexibility index (Phi) is 10.1. The Labute approximate surface area is 108 Å². The molecule has 0 aliphatic rings. The molecule has 1 nitrogen and oxygen atoms in total. The highest BCUT2D eigenvalue weighted by molar-refractivity contribution is 14.3. The number of rotatable bonds is 8. The molecule has 0 bridgehead atoms. The Morgan fingerprint density at radius 3 is 1.85 bits per heavy atom. The Morgan fingerprint density at radius 1 is 0.923 bits per heavy atom. The number of halogens is 2. The van der Waals surface area contributed by atoms with E-state index in [0.29, 0.717) is 0 Å². The predicted molar refractivity (Wildman–Crippen MR) is 78.5 cm³/mol. The normalized spacial score (nSPS) is 11.9. The molecule has 0 atom stereocenters. The largest absolute Gasteiger partial charge is 0.302 e. The molecular formula is C9H19I2OP. The highest BCUT2D eigenvalue weighted by Gasteiger charge is 2.09. The first-order valence-corrected chi connectivity index (χ1v) is 12.5. The van der Waals surface area contributed by atoms with Crippen molar-refractivity contribution in [3.63, 3.8) is 0 Å². The Morgan fingerprint density at radius 2 is 1.38 bits per heavy atom. The van der Waals surface area contributed by atoms with Gasteiger partial charge in [-0.2, -0.15) is 0 Å². The van der Waals surface area contributed by atoms with Gasteiger partial charge in [0.15, 0.2) is 2.43 Å². The fraction of sp³-hybridized carbons (Fsp3) is 1.00. The summed E-state index contributed by atoms with van der Waals surface area (Å²) in [4.78, 5) is 0. The fourth-order valence-electron chi connectivity index (χ4n) is 1.25. The minimum atomic E-state index is -1.79. The number of hydrogen-bond acceptors (Lipinski definition) is 1. The van der Waals surface area contributed by atoms with Crippen LogP contribution in [0, 0.1) is 0 Å². The average molecular weight is 428 g/mol. The fourth-order valence-corrected chi connectivity index (χ4v) is 3.89. The summed E-state index contributed by atoms with van der Waals surface area (Å²) in [6.45, 7) is 2.24. The van der Waals surface area contributed by atoms with E-state index in [-0.39, 0.29) is 0 Å². The Bertz CT molecular complexity index is 156. The van der Waals surface area contributed by atoms with Crippen LogP contribution in [0.15, 0.2) is 0 Å². The summed E-state index contributed by atoms with van der Waals surface area (Å²) in [6, 6.07) is 0. The van der Waals surface area contributed by atoms with Crippen LogP contribution in [-0.4, -0.2) is 6.16 Å². The van der Waals surface area contributed by atoms with Gasteiger partial charge in [0.05, 0.1) is 0 Å². The zero-order valence-electron chi connectivity index (χ0n) is 8.27. The molecule has 0 heterocycles.